The fourth-order valence-corrected chi connectivity index (χ4v) is 4.06. The van der Waals surface area contributed by atoms with Crippen LogP contribution < -0.4 is 0 Å². The number of amides is 1. The zero-order chi connectivity index (χ0) is 19.7. The molecule has 0 saturated heterocycles. The Labute approximate surface area is 172 Å². The number of pyridine rings is 1. The van der Waals surface area contributed by atoms with Gasteiger partial charge in [-0.2, -0.15) is 0 Å². The third kappa shape index (κ3) is 3.68. The van der Waals surface area contributed by atoms with Gasteiger partial charge in [-0.1, -0.05) is 29.8 Å². The van der Waals surface area contributed by atoms with Gasteiger partial charge in [-0.15, -0.1) is 11.3 Å². The van der Waals surface area contributed by atoms with Crippen LogP contribution in [0, 0.1) is 13.8 Å². The van der Waals surface area contributed by atoms with Gasteiger partial charge < -0.3 is 9.32 Å². The normalized spacial score (nSPS) is 11.1. The molecule has 0 N–H and O–H groups in total. The number of aromatic nitrogens is 1. The van der Waals surface area contributed by atoms with E-state index >= 15 is 0 Å². The van der Waals surface area contributed by atoms with E-state index in [-0.39, 0.29) is 5.91 Å². The quantitative estimate of drug-likeness (QED) is 0.379. The number of carbonyl (C=O) groups is 1. The molecule has 6 heteroatoms. The first-order chi connectivity index (χ1) is 13.5. The summed E-state index contributed by atoms with van der Waals surface area (Å²) < 4.78 is 5.46. The van der Waals surface area contributed by atoms with Gasteiger partial charge in [0, 0.05) is 17.5 Å². The Morgan fingerprint density at radius 1 is 1.18 bits per heavy atom. The molecule has 142 valence electrons. The van der Waals surface area contributed by atoms with Crippen molar-refractivity contribution in [3.63, 3.8) is 0 Å². The molecule has 0 radical (unpaired) electrons. The van der Waals surface area contributed by atoms with Crippen LogP contribution in [0.2, 0.25) is 5.15 Å². The largest absolute Gasteiger partial charge is 0.467 e. The van der Waals surface area contributed by atoms with E-state index in [0.29, 0.717) is 23.1 Å². The maximum Gasteiger partial charge on any atom is 0.264 e. The lowest BCUT2D eigenvalue weighted by Gasteiger charge is -2.22. The van der Waals surface area contributed by atoms with Crippen LogP contribution in [-0.4, -0.2) is 15.8 Å². The van der Waals surface area contributed by atoms with Crippen LogP contribution in [0.15, 0.2) is 58.5 Å². The van der Waals surface area contributed by atoms with Gasteiger partial charge in [0.05, 0.1) is 23.2 Å². The first-order valence-corrected chi connectivity index (χ1v) is 10.2. The van der Waals surface area contributed by atoms with Crippen LogP contribution >= 0.6 is 22.9 Å². The summed E-state index contributed by atoms with van der Waals surface area (Å²) in [5, 5.41) is 3.34. The summed E-state index contributed by atoms with van der Waals surface area (Å²) in [5.74, 6) is 0.670. The number of aryl methyl sites for hydroxylation is 2. The molecular formula is C22H19ClN2O2S. The summed E-state index contributed by atoms with van der Waals surface area (Å²) in [7, 11) is 0. The van der Waals surface area contributed by atoms with Crippen molar-refractivity contribution in [1.82, 2.24) is 9.88 Å². The van der Waals surface area contributed by atoms with Crippen LogP contribution in [-0.2, 0) is 13.1 Å². The Balaban J connectivity index is 1.70. The molecule has 4 nitrogen and oxygen atoms in total. The maximum absolute atomic E-state index is 13.0. The van der Waals surface area contributed by atoms with Gasteiger partial charge in [0.25, 0.3) is 5.91 Å². The van der Waals surface area contributed by atoms with Gasteiger partial charge in [-0.05, 0) is 54.6 Å². The Bertz CT molecular complexity index is 1120. The second-order valence-corrected chi connectivity index (χ2v) is 8.04. The summed E-state index contributed by atoms with van der Waals surface area (Å²) in [6, 6.07) is 13.5. The third-order valence-electron chi connectivity index (χ3n) is 4.84. The lowest BCUT2D eigenvalue weighted by molar-refractivity contribution is 0.0722. The molecule has 0 aliphatic heterocycles. The Hall–Kier alpha value is -2.63. The van der Waals surface area contributed by atoms with Crippen molar-refractivity contribution in [1.29, 1.82) is 0 Å². The molecule has 3 aromatic heterocycles. The number of fused-ring (bicyclic) bond motifs is 1. The van der Waals surface area contributed by atoms with Crippen molar-refractivity contribution >= 4 is 39.7 Å². The number of halogens is 1. The molecule has 0 saturated carbocycles. The average Bonchev–Trinajstić information content (AvgIpc) is 3.39. The Morgan fingerprint density at radius 2 is 2.04 bits per heavy atom. The van der Waals surface area contributed by atoms with Gasteiger partial charge in [0.2, 0.25) is 0 Å². The summed E-state index contributed by atoms with van der Waals surface area (Å²) in [6.07, 6.45) is 1.61. The van der Waals surface area contributed by atoms with Crippen LogP contribution in [0.25, 0.3) is 10.9 Å². The number of benzene rings is 1. The monoisotopic (exact) mass is 410 g/mol. The molecular weight excluding hydrogens is 392 g/mol. The van der Waals surface area contributed by atoms with Crippen molar-refractivity contribution in [2.75, 3.05) is 0 Å². The summed E-state index contributed by atoms with van der Waals surface area (Å²) in [4.78, 5) is 20.1. The predicted octanol–water partition coefficient (Wildman–Crippen LogP) is 6.00. The van der Waals surface area contributed by atoms with Gasteiger partial charge in [0.1, 0.15) is 10.9 Å². The highest BCUT2D eigenvalue weighted by Gasteiger charge is 2.20. The highest BCUT2D eigenvalue weighted by molar-refractivity contribution is 7.12. The summed E-state index contributed by atoms with van der Waals surface area (Å²) in [6.45, 7) is 4.82. The van der Waals surface area contributed by atoms with Crippen molar-refractivity contribution in [2.24, 2.45) is 0 Å². The van der Waals surface area contributed by atoms with E-state index in [4.69, 9.17) is 16.0 Å². The van der Waals surface area contributed by atoms with E-state index in [0.717, 1.165) is 27.8 Å². The van der Waals surface area contributed by atoms with E-state index in [1.807, 2.05) is 48.7 Å². The SMILES string of the molecule is Cc1ccc2cc(CN(Cc3ccco3)C(=O)c3cccs3)c(Cl)nc2c1C. The zero-order valence-corrected chi connectivity index (χ0v) is 17.2. The number of hydrogen-bond donors (Lipinski definition) is 0. The van der Waals surface area contributed by atoms with E-state index < -0.39 is 0 Å². The second-order valence-electron chi connectivity index (χ2n) is 6.74. The third-order valence-corrected chi connectivity index (χ3v) is 6.03. The maximum atomic E-state index is 13.0. The molecule has 0 unspecified atom stereocenters. The second kappa shape index (κ2) is 7.78. The summed E-state index contributed by atoms with van der Waals surface area (Å²) >= 11 is 7.94. The van der Waals surface area contributed by atoms with E-state index in [9.17, 15) is 4.79 Å². The van der Waals surface area contributed by atoms with E-state index in [2.05, 4.69) is 18.0 Å². The number of hydrogen-bond acceptors (Lipinski definition) is 4. The van der Waals surface area contributed by atoms with E-state index in [1.54, 1.807) is 11.2 Å². The zero-order valence-electron chi connectivity index (χ0n) is 15.6. The fraction of sp³-hybridized carbons (Fsp3) is 0.182. The number of thiophene rings is 1. The molecule has 4 rings (SSSR count). The molecule has 28 heavy (non-hydrogen) atoms. The van der Waals surface area contributed by atoms with Gasteiger partial charge in [-0.25, -0.2) is 4.98 Å². The van der Waals surface area contributed by atoms with Crippen LogP contribution in [0.4, 0.5) is 0 Å². The van der Waals surface area contributed by atoms with Gasteiger partial charge >= 0.3 is 0 Å². The molecule has 0 fully saturated rings. The molecule has 0 bridgehead atoms. The molecule has 4 aromatic rings. The van der Waals surface area contributed by atoms with Crippen LogP contribution in [0.3, 0.4) is 0 Å². The number of rotatable bonds is 5. The number of furan rings is 1. The smallest absolute Gasteiger partial charge is 0.264 e. The Morgan fingerprint density at radius 3 is 2.75 bits per heavy atom. The molecule has 1 amide bonds. The fourth-order valence-electron chi connectivity index (χ4n) is 3.17. The molecule has 0 atom stereocenters. The lowest BCUT2D eigenvalue weighted by Crippen LogP contribution is -2.29. The molecule has 0 aliphatic carbocycles. The minimum Gasteiger partial charge on any atom is -0.467 e. The highest BCUT2D eigenvalue weighted by atomic mass is 35.5. The first-order valence-electron chi connectivity index (χ1n) is 8.93. The van der Waals surface area contributed by atoms with Crippen molar-refractivity contribution in [3.05, 3.63) is 86.6 Å². The Kier molecular flexibility index (Phi) is 5.20. The van der Waals surface area contributed by atoms with Crippen LogP contribution in [0.5, 0.6) is 0 Å². The van der Waals surface area contributed by atoms with Crippen LogP contribution in [0.1, 0.15) is 32.1 Å². The number of nitrogens with zero attached hydrogens (tertiary/aromatic N) is 2. The minimum atomic E-state index is -0.0531. The topological polar surface area (TPSA) is 46.3 Å². The molecule has 0 aliphatic rings. The van der Waals surface area contributed by atoms with Crippen molar-refractivity contribution < 1.29 is 9.21 Å². The number of carbonyl (C=O) groups excluding carboxylic acids is 1. The van der Waals surface area contributed by atoms with Crippen molar-refractivity contribution in [2.45, 2.75) is 26.9 Å². The lowest BCUT2D eigenvalue weighted by atomic mass is 10.0. The standard InChI is InChI=1S/C22H19ClN2O2S/c1-14-7-8-16-11-17(21(23)24-20(16)15(14)2)12-25(13-18-5-3-9-27-18)22(26)19-6-4-10-28-19/h3-11H,12-13H2,1-2H3. The average molecular weight is 411 g/mol. The first kappa shape index (κ1) is 18.7. The summed E-state index contributed by atoms with van der Waals surface area (Å²) in [5.41, 5.74) is 4.01. The molecule has 1 aromatic carbocycles. The highest BCUT2D eigenvalue weighted by Crippen LogP contribution is 2.27. The van der Waals surface area contributed by atoms with Crippen molar-refractivity contribution in [3.8, 4) is 0 Å². The minimum absolute atomic E-state index is 0.0531. The van der Waals surface area contributed by atoms with Gasteiger partial charge in [0.15, 0.2) is 0 Å². The van der Waals surface area contributed by atoms with E-state index in [1.165, 1.54) is 16.9 Å². The molecule has 3 heterocycles. The van der Waals surface area contributed by atoms with Gasteiger partial charge in [-0.3, -0.25) is 4.79 Å². The molecule has 0 spiro atoms. The predicted molar refractivity (Wildman–Crippen MR) is 113 cm³/mol.